The number of benzene rings is 2. The van der Waals surface area contributed by atoms with Gasteiger partial charge in [-0.25, -0.2) is 9.98 Å². The van der Waals surface area contributed by atoms with Gasteiger partial charge in [0.05, 0.1) is 11.4 Å². The van der Waals surface area contributed by atoms with Gasteiger partial charge in [-0.3, -0.25) is 4.98 Å². The van der Waals surface area contributed by atoms with Crippen LogP contribution in [-0.4, -0.2) is 52.9 Å². The number of hydrogen-bond donors (Lipinski definition) is 0. The highest BCUT2D eigenvalue weighted by atomic mass is 32.2. The Morgan fingerprint density at radius 1 is 0.625 bits per heavy atom. The zero-order valence-corrected chi connectivity index (χ0v) is 26.5. The molecule has 5 rings (SSSR count). The second-order valence-electron chi connectivity index (χ2n) is 9.70. The van der Waals surface area contributed by atoms with E-state index >= 15 is 0 Å². The molecule has 2 aliphatic rings. The Hall–Kier alpha value is -2.07. The SMILES string of the molecule is CSc1ccc([C@@H]2OC(C)=N[C@H]2CSCc2cccc(CSC[C@@H]3N=C(C)O[C@H]3c3ccc(SC)cc3)n2)cc1. The smallest absolute Gasteiger partial charge is 0.181 e. The van der Waals surface area contributed by atoms with Gasteiger partial charge in [0.2, 0.25) is 0 Å². The van der Waals surface area contributed by atoms with Crippen molar-refractivity contribution in [2.45, 2.75) is 59.4 Å². The second kappa shape index (κ2) is 14.2. The molecule has 0 aliphatic carbocycles. The van der Waals surface area contributed by atoms with Crippen LogP contribution in [0.5, 0.6) is 0 Å². The van der Waals surface area contributed by atoms with Gasteiger partial charge in [-0.1, -0.05) is 30.3 Å². The van der Waals surface area contributed by atoms with Crippen molar-refractivity contribution in [3.8, 4) is 0 Å². The van der Waals surface area contributed by atoms with Gasteiger partial charge in [0.1, 0.15) is 24.3 Å². The lowest BCUT2D eigenvalue weighted by atomic mass is 10.0. The van der Waals surface area contributed by atoms with Gasteiger partial charge >= 0.3 is 0 Å². The van der Waals surface area contributed by atoms with Crippen LogP contribution in [0.3, 0.4) is 0 Å². The molecule has 0 amide bonds. The highest BCUT2D eigenvalue weighted by Gasteiger charge is 2.31. The van der Waals surface area contributed by atoms with Crippen LogP contribution in [0, 0.1) is 0 Å². The third-order valence-corrected chi connectivity index (χ3v) is 10.5. The van der Waals surface area contributed by atoms with E-state index in [4.69, 9.17) is 24.4 Å². The fourth-order valence-corrected chi connectivity index (χ4v) is 7.64. The summed E-state index contributed by atoms with van der Waals surface area (Å²) < 4.78 is 12.2. The van der Waals surface area contributed by atoms with Crippen molar-refractivity contribution in [1.29, 1.82) is 0 Å². The van der Waals surface area contributed by atoms with Crippen molar-refractivity contribution in [1.82, 2.24) is 4.98 Å². The Labute approximate surface area is 254 Å². The molecule has 0 bridgehead atoms. The summed E-state index contributed by atoms with van der Waals surface area (Å²) in [6.07, 6.45) is 4.16. The number of nitrogens with zero attached hydrogens (tertiary/aromatic N) is 3. The van der Waals surface area contributed by atoms with E-state index in [0.29, 0.717) is 0 Å². The van der Waals surface area contributed by atoms with Crippen molar-refractivity contribution in [3.05, 3.63) is 89.2 Å². The van der Waals surface area contributed by atoms with E-state index in [0.717, 1.165) is 46.2 Å². The van der Waals surface area contributed by atoms with Crippen LogP contribution in [0.4, 0.5) is 0 Å². The Morgan fingerprint density at radius 2 is 1.05 bits per heavy atom. The normalized spacial score (nSPS) is 22.0. The number of aliphatic imine (C=N–C) groups is 2. The summed E-state index contributed by atoms with van der Waals surface area (Å²) in [6, 6.07) is 23.9. The first-order valence-electron chi connectivity index (χ1n) is 13.3. The first kappa shape index (κ1) is 29.4. The van der Waals surface area contributed by atoms with Crippen molar-refractivity contribution < 1.29 is 9.47 Å². The molecule has 40 heavy (non-hydrogen) atoms. The fourth-order valence-electron chi connectivity index (χ4n) is 4.86. The summed E-state index contributed by atoms with van der Waals surface area (Å²) in [4.78, 5) is 17.0. The van der Waals surface area contributed by atoms with Crippen LogP contribution in [0.25, 0.3) is 0 Å². The summed E-state index contributed by atoms with van der Waals surface area (Å²) in [6.45, 7) is 3.90. The molecule has 2 aliphatic heterocycles. The number of aromatic nitrogens is 1. The average Bonchev–Trinajstić information content (AvgIpc) is 3.54. The molecule has 9 heteroatoms. The van der Waals surface area contributed by atoms with E-state index in [1.54, 1.807) is 23.5 Å². The molecule has 2 aromatic carbocycles. The first-order chi connectivity index (χ1) is 19.5. The predicted octanol–water partition coefficient (Wildman–Crippen LogP) is 8.11. The summed E-state index contributed by atoms with van der Waals surface area (Å²) in [5.41, 5.74) is 4.59. The molecule has 0 spiro atoms. The Balaban J connectivity index is 1.11. The number of thioether (sulfide) groups is 4. The third kappa shape index (κ3) is 7.60. The minimum atomic E-state index is -0.0164. The van der Waals surface area contributed by atoms with Crippen molar-refractivity contribution >= 4 is 58.8 Å². The maximum absolute atomic E-state index is 6.09. The fraction of sp³-hybridized carbons (Fsp3) is 0.387. The molecule has 0 saturated heterocycles. The number of rotatable bonds is 12. The lowest BCUT2D eigenvalue weighted by Crippen LogP contribution is -2.17. The maximum Gasteiger partial charge on any atom is 0.181 e. The van der Waals surface area contributed by atoms with Gasteiger partial charge in [0, 0.05) is 46.6 Å². The molecule has 4 atom stereocenters. The van der Waals surface area contributed by atoms with E-state index in [-0.39, 0.29) is 24.3 Å². The Morgan fingerprint density at radius 3 is 1.45 bits per heavy atom. The van der Waals surface area contributed by atoms with Crippen LogP contribution >= 0.6 is 47.0 Å². The maximum atomic E-state index is 6.09. The average molecular weight is 610 g/mol. The van der Waals surface area contributed by atoms with Gasteiger partial charge in [-0.2, -0.15) is 23.5 Å². The molecular formula is C31H35N3O2S4. The van der Waals surface area contributed by atoms with Crippen LogP contribution in [-0.2, 0) is 21.0 Å². The monoisotopic (exact) mass is 609 g/mol. The lowest BCUT2D eigenvalue weighted by Gasteiger charge is -2.18. The largest absolute Gasteiger partial charge is 0.471 e. The number of hydrogen-bond acceptors (Lipinski definition) is 9. The molecule has 5 nitrogen and oxygen atoms in total. The summed E-state index contributed by atoms with van der Waals surface area (Å²) in [5, 5.41) is 0. The highest BCUT2D eigenvalue weighted by Crippen LogP contribution is 2.34. The molecule has 0 N–H and O–H groups in total. The molecule has 0 saturated carbocycles. The van der Waals surface area contributed by atoms with Gasteiger partial charge in [0.15, 0.2) is 11.8 Å². The predicted molar refractivity (Wildman–Crippen MR) is 174 cm³/mol. The molecule has 1 aromatic heterocycles. The second-order valence-corrected chi connectivity index (χ2v) is 13.5. The standard InChI is InChI=1S/C31H35N3O2S4/c1-20-32-28(30(35-20)22-8-12-26(37-3)13-9-22)18-39-16-24-6-5-7-25(34-24)17-40-19-29-31(36-21(2)33-29)23-10-14-27(38-4)15-11-23/h5-15,28-31H,16-19H2,1-4H3/t28-,29-,30-,31-/m0/s1. The van der Waals surface area contributed by atoms with Gasteiger partial charge in [-0.05, 0) is 60.0 Å². The van der Waals surface area contributed by atoms with Crippen LogP contribution in [0.1, 0.15) is 48.6 Å². The van der Waals surface area contributed by atoms with E-state index in [2.05, 4.69) is 79.2 Å². The van der Waals surface area contributed by atoms with Crippen molar-refractivity contribution in [2.24, 2.45) is 9.98 Å². The van der Waals surface area contributed by atoms with E-state index in [1.165, 1.54) is 20.9 Å². The quantitative estimate of drug-likeness (QED) is 0.192. The Kier molecular flexibility index (Phi) is 10.5. The molecule has 0 fully saturated rings. The molecular weight excluding hydrogens is 575 g/mol. The summed E-state index contributed by atoms with van der Waals surface area (Å²) in [5.74, 6) is 5.04. The van der Waals surface area contributed by atoms with Crippen LogP contribution < -0.4 is 0 Å². The van der Waals surface area contributed by atoms with E-state index in [1.807, 2.05) is 37.4 Å². The topological polar surface area (TPSA) is 56.1 Å². The Bertz CT molecular complexity index is 1230. The van der Waals surface area contributed by atoms with Gasteiger partial charge < -0.3 is 9.47 Å². The zero-order chi connectivity index (χ0) is 27.9. The highest BCUT2D eigenvalue weighted by molar-refractivity contribution is 7.99. The third-order valence-electron chi connectivity index (χ3n) is 6.82. The lowest BCUT2D eigenvalue weighted by molar-refractivity contribution is 0.201. The molecule has 0 unspecified atom stereocenters. The van der Waals surface area contributed by atoms with Gasteiger partial charge in [-0.15, -0.1) is 23.5 Å². The number of pyridine rings is 1. The van der Waals surface area contributed by atoms with E-state index < -0.39 is 0 Å². The van der Waals surface area contributed by atoms with Crippen molar-refractivity contribution in [3.63, 3.8) is 0 Å². The summed E-state index contributed by atoms with van der Waals surface area (Å²) >= 11 is 7.24. The van der Waals surface area contributed by atoms with Crippen LogP contribution in [0.2, 0.25) is 0 Å². The minimum Gasteiger partial charge on any atom is -0.471 e. The van der Waals surface area contributed by atoms with Gasteiger partial charge in [0.25, 0.3) is 0 Å². The first-order valence-corrected chi connectivity index (χ1v) is 18.1. The van der Waals surface area contributed by atoms with Crippen LogP contribution in [0.15, 0.2) is 86.5 Å². The zero-order valence-electron chi connectivity index (χ0n) is 23.3. The van der Waals surface area contributed by atoms with E-state index in [9.17, 15) is 0 Å². The molecule has 0 radical (unpaired) electrons. The molecule has 3 heterocycles. The summed E-state index contributed by atoms with van der Waals surface area (Å²) in [7, 11) is 0. The molecule has 3 aromatic rings. The number of ether oxygens (including phenoxy) is 2. The van der Waals surface area contributed by atoms with Crippen molar-refractivity contribution in [2.75, 3.05) is 24.0 Å². The molecule has 210 valence electrons. The minimum absolute atomic E-state index is 0.0164.